The van der Waals surface area contributed by atoms with Crippen LogP contribution in [0, 0.1) is 11.6 Å². The molecule has 0 bridgehead atoms. The van der Waals surface area contributed by atoms with Gasteiger partial charge in [0.15, 0.2) is 17.4 Å². The molecule has 0 radical (unpaired) electrons. The van der Waals surface area contributed by atoms with Crippen molar-refractivity contribution >= 4 is 24.1 Å². The molecule has 0 atom stereocenters. The number of aryl methyl sites for hydroxylation is 1. The lowest BCUT2D eigenvalue weighted by Crippen LogP contribution is -2.48. The van der Waals surface area contributed by atoms with Crippen LogP contribution in [0.25, 0.3) is 0 Å². The van der Waals surface area contributed by atoms with Crippen molar-refractivity contribution in [3.63, 3.8) is 0 Å². The van der Waals surface area contributed by atoms with Crippen molar-refractivity contribution in [2.45, 2.75) is 32.1 Å². The minimum Gasteiger partial charge on any atom is -0.488 e. The normalized spacial score (nSPS) is 13.4. The maximum Gasteiger partial charge on any atom is 0.321 e. The van der Waals surface area contributed by atoms with Gasteiger partial charge in [-0.1, -0.05) is 31.0 Å². The molecule has 0 spiro atoms. The molecule has 31 heavy (non-hydrogen) atoms. The van der Waals surface area contributed by atoms with E-state index in [1.807, 2.05) is 29.2 Å². The van der Waals surface area contributed by atoms with Crippen molar-refractivity contribution < 1.29 is 18.3 Å². The summed E-state index contributed by atoms with van der Waals surface area (Å²) in [6.45, 7) is 3.42. The van der Waals surface area contributed by atoms with Gasteiger partial charge in [-0.3, -0.25) is 0 Å². The number of piperazine rings is 1. The Balaban J connectivity index is 0.00000341. The van der Waals surface area contributed by atoms with E-state index in [1.54, 1.807) is 0 Å². The average molecular weight is 454 g/mol. The number of nitrogens with one attached hydrogen (secondary N) is 2. The molecule has 0 aliphatic carbocycles. The number of anilines is 1. The van der Waals surface area contributed by atoms with Gasteiger partial charge in [0.1, 0.15) is 0 Å². The van der Waals surface area contributed by atoms with Crippen LogP contribution < -0.4 is 15.4 Å². The second kappa shape index (κ2) is 13.1. The molecule has 1 heterocycles. The summed E-state index contributed by atoms with van der Waals surface area (Å²) in [4.78, 5) is 14.0. The van der Waals surface area contributed by atoms with E-state index in [1.165, 1.54) is 23.8 Å². The highest BCUT2D eigenvalue weighted by molar-refractivity contribution is 5.89. The van der Waals surface area contributed by atoms with Gasteiger partial charge in [0, 0.05) is 31.9 Å². The number of carbonyl (C=O) groups is 1. The van der Waals surface area contributed by atoms with Gasteiger partial charge in [-0.25, -0.2) is 13.6 Å². The predicted octanol–water partition coefficient (Wildman–Crippen LogP) is 5.01. The second-order valence-corrected chi connectivity index (χ2v) is 7.43. The molecule has 2 aromatic carbocycles. The maximum atomic E-state index is 13.5. The third kappa shape index (κ3) is 7.99. The fraction of sp³-hybridized carbons (Fsp3) is 0.435. The Morgan fingerprint density at radius 3 is 2.29 bits per heavy atom. The first kappa shape index (κ1) is 24.9. The molecule has 1 fully saturated rings. The highest BCUT2D eigenvalue weighted by Crippen LogP contribution is 2.21. The van der Waals surface area contributed by atoms with Gasteiger partial charge in [-0.2, -0.15) is 0 Å². The van der Waals surface area contributed by atoms with Gasteiger partial charge >= 0.3 is 6.03 Å². The molecule has 1 saturated heterocycles. The van der Waals surface area contributed by atoms with Crippen molar-refractivity contribution in [3.05, 3.63) is 59.7 Å². The van der Waals surface area contributed by atoms with E-state index in [-0.39, 0.29) is 24.2 Å². The second-order valence-electron chi connectivity index (χ2n) is 7.43. The lowest BCUT2D eigenvalue weighted by molar-refractivity contribution is 0.204. The third-order valence-corrected chi connectivity index (χ3v) is 5.13. The Kier molecular flexibility index (Phi) is 10.5. The SMILES string of the molecule is Cl.O=C(Nc1ccc(CCCCCCOc2c(F)cccc2F)cc1)N1CCNCC1. The Morgan fingerprint density at radius 1 is 0.968 bits per heavy atom. The first-order valence-electron chi connectivity index (χ1n) is 10.6. The molecule has 0 saturated carbocycles. The molecule has 170 valence electrons. The van der Waals surface area contributed by atoms with Gasteiger partial charge < -0.3 is 20.3 Å². The number of nitrogens with zero attached hydrogens (tertiary/aromatic N) is 1. The number of amides is 2. The number of rotatable bonds is 9. The number of para-hydroxylation sites is 1. The molecule has 2 amide bonds. The van der Waals surface area contributed by atoms with Crippen LogP contribution in [-0.2, 0) is 6.42 Å². The summed E-state index contributed by atoms with van der Waals surface area (Å²) in [7, 11) is 0. The monoisotopic (exact) mass is 453 g/mol. The van der Waals surface area contributed by atoms with Crippen LogP contribution in [0.1, 0.15) is 31.2 Å². The lowest BCUT2D eigenvalue weighted by Gasteiger charge is -2.27. The zero-order chi connectivity index (χ0) is 21.2. The number of urea groups is 1. The summed E-state index contributed by atoms with van der Waals surface area (Å²) in [5.74, 6) is -1.62. The van der Waals surface area contributed by atoms with Crippen LogP contribution in [-0.4, -0.2) is 43.7 Å². The quantitative estimate of drug-likeness (QED) is 0.525. The molecule has 0 aromatic heterocycles. The van der Waals surface area contributed by atoms with Gasteiger partial charge in [0.05, 0.1) is 6.61 Å². The van der Waals surface area contributed by atoms with Crippen molar-refractivity contribution in [2.24, 2.45) is 0 Å². The van der Waals surface area contributed by atoms with Crippen molar-refractivity contribution in [1.29, 1.82) is 0 Å². The van der Waals surface area contributed by atoms with Gasteiger partial charge in [-0.05, 0) is 49.1 Å². The van der Waals surface area contributed by atoms with E-state index < -0.39 is 11.6 Å². The average Bonchev–Trinajstić information content (AvgIpc) is 2.76. The van der Waals surface area contributed by atoms with Crippen molar-refractivity contribution in [1.82, 2.24) is 10.2 Å². The van der Waals surface area contributed by atoms with E-state index in [4.69, 9.17) is 4.74 Å². The Hall–Kier alpha value is -2.38. The number of benzene rings is 2. The molecule has 2 aromatic rings. The smallest absolute Gasteiger partial charge is 0.321 e. The zero-order valence-electron chi connectivity index (χ0n) is 17.5. The summed E-state index contributed by atoms with van der Waals surface area (Å²) in [6.07, 6.45) is 4.69. The predicted molar refractivity (Wildman–Crippen MR) is 121 cm³/mol. The summed E-state index contributed by atoms with van der Waals surface area (Å²) in [5, 5.41) is 6.17. The molecule has 3 rings (SSSR count). The number of hydrogen-bond donors (Lipinski definition) is 2. The Labute approximate surface area is 188 Å². The maximum absolute atomic E-state index is 13.5. The molecule has 1 aliphatic rings. The van der Waals surface area contributed by atoms with Crippen LogP contribution in [0.15, 0.2) is 42.5 Å². The Bertz CT molecular complexity index is 795. The van der Waals surface area contributed by atoms with Gasteiger partial charge in [0.2, 0.25) is 0 Å². The number of ether oxygens (including phenoxy) is 1. The van der Waals surface area contributed by atoms with Crippen LogP contribution >= 0.6 is 12.4 Å². The van der Waals surface area contributed by atoms with Crippen LogP contribution in [0.2, 0.25) is 0 Å². The topological polar surface area (TPSA) is 53.6 Å². The summed E-state index contributed by atoms with van der Waals surface area (Å²) < 4.78 is 32.2. The summed E-state index contributed by atoms with van der Waals surface area (Å²) >= 11 is 0. The van der Waals surface area contributed by atoms with Crippen LogP contribution in [0.5, 0.6) is 5.75 Å². The van der Waals surface area contributed by atoms with Crippen molar-refractivity contribution in [3.8, 4) is 5.75 Å². The summed E-state index contributed by atoms with van der Waals surface area (Å²) in [6, 6.07) is 11.6. The number of carbonyl (C=O) groups excluding carboxylic acids is 1. The molecular weight excluding hydrogens is 424 g/mol. The van der Waals surface area contributed by atoms with Crippen LogP contribution in [0.4, 0.5) is 19.3 Å². The fourth-order valence-corrected chi connectivity index (χ4v) is 3.40. The van der Waals surface area contributed by atoms with E-state index in [9.17, 15) is 13.6 Å². The van der Waals surface area contributed by atoms with Gasteiger partial charge in [-0.15, -0.1) is 12.4 Å². The molecule has 5 nitrogen and oxygen atoms in total. The first-order valence-corrected chi connectivity index (χ1v) is 10.6. The number of hydrogen-bond acceptors (Lipinski definition) is 3. The van der Waals surface area contributed by atoms with Gasteiger partial charge in [0.25, 0.3) is 0 Å². The van der Waals surface area contributed by atoms with E-state index >= 15 is 0 Å². The standard InChI is InChI=1S/C23H29F2N3O2.ClH/c24-20-7-5-8-21(25)22(20)30-17-4-2-1-3-6-18-9-11-19(12-10-18)27-23(29)28-15-13-26-14-16-28;/h5,7-12,26H,1-4,6,13-17H2,(H,27,29);1H. The number of unbranched alkanes of at least 4 members (excludes halogenated alkanes) is 3. The first-order chi connectivity index (χ1) is 14.6. The largest absolute Gasteiger partial charge is 0.488 e. The van der Waals surface area contributed by atoms with E-state index in [0.717, 1.165) is 64.0 Å². The molecule has 8 heteroatoms. The zero-order valence-corrected chi connectivity index (χ0v) is 18.4. The minimum atomic E-state index is -0.664. The van der Waals surface area contributed by atoms with Crippen molar-refractivity contribution in [2.75, 3.05) is 38.1 Å². The molecule has 1 aliphatic heterocycles. The number of halogens is 3. The highest BCUT2D eigenvalue weighted by Gasteiger charge is 2.15. The minimum absolute atomic E-state index is 0. The Morgan fingerprint density at radius 2 is 1.61 bits per heavy atom. The van der Waals surface area contributed by atoms with E-state index in [0.29, 0.717) is 6.61 Å². The van der Waals surface area contributed by atoms with Crippen LogP contribution in [0.3, 0.4) is 0 Å². The highest BCUT2D eigenvalue weighted by atomic mass is 35.5. The van der Waals surface area contributed by atoms with E-state index in [2.05, 4.69) is 10.6 Å². The molecule has 2 N–H and O–H groups in total. The lowest BCUT2D eigenvalue weighted by atomic mass is 10.1. The summed E-state index contributed by atoms with van der Waals surface area (Å²) in [5.41, 5.74) is 2.03. The molecular formula is C23H30ClF2N3O2. The third-order valence-electron chi connectivity index (χ3n) is 5.13. The molecule has 0 unspecified atom stereocenters. The fourth-order valence-electron chi connectivity index (χ4n) is 3.40.